The number of ether oxygens (including phenoxy) is 1. The van der Waals surface area contributed by atoms with Gasteiger partial charge in [-0.05, 0) is 30.3 Å². The zero-order valence-electron chi connectivity index (χ0n) is 10.3. The van der Waals surface area contributed by atoms with Crippen LogP contribution in [0.5, 0.6) is 11.5 Å². The number of aromatic hydroxyl groups is 1. The summed E-state index contributed by atoms with van der Waals surface area (Å²) in [6.07, 6.45) is 0.552. The fourth-order valence-corrected chi connectivity index (χ4v) is 1.79. The molecule has 0 aliphatic heterocycles. The first kappa shape index (κ1) is 12.8. The van der Waals surface area contributed by atoms with Gasteiger partial charge in [-0.15, -0.1) is 0 Å². The molecule has 96 valence electrons. The number of rotatable bonds is 4. The Morgan fingerprint density at radius 3 is 2.42 bits per heavy atom. The van der Waals surface area contributed by atoms with Crippen LogP contribution in [0.15, 0.2) is 42.5 Å². The third kappa shape index (κ3) is 2.47. The average molecular weight is 256 g/mol. The van der Waals surface area contributed by atoms with Gasteiger partial charge in [0.1, 0.15) is 11.5 Å². The number of methoxy groups -OCH3 is 1. The molecule has 0 unspecified atom stereocenters. The topological polar surface area (TPSA) is 63.6 Å². The molecular weight excluding hydrogens is 244 g/mol. The largest absolute Gasteiger partial charge is 0.507 e. The summed E-state index contributed by atoms with van der Waals surface area (Å²) in [7, 11) is 1.53. The van der Waals surface area contributed by atoms with Crippen molar-refractivity contribution in [1.29, 1.82) is 0 Å². The molecule has 0 aliphatic carbocycles. The van der Waals surface area contributed by atoms with Crippen molar-refractivity contribution in [3.8, 4) is 11.5 Å². The standard InChI is InChI=1S/C15H12O4/c1-19-12-7-5-10(6-8-12)15(18)14-11(9-16)3-2-4-13(14)17/h2-9,17H,1H3. The summed E-state index contributed by atoms with van der Waals surface area (Å²) >= 11 is 0. The highest BCUT2D eigenvalue weighted by atomic mass is 16.5. The van der Waals surface area contributed by atoms with Crippen molar-refractivity contribution in [3.05, 3.63) is 59.2 Å². The molecule has 0 bridgehead atoms. The zero-order chi connectivity index (χ0) is 13.8. The van der Waals surface area contributed by atoms with Gasteiger partial charge < -0.3 is 9.84 Å². The molecule has 0 atom stereocenters. The number of carbonyl (C=O) groups excluding carboxylic acids is 2. The summed E-state index contributed by atoms with van der Waals surface area (Å²) in [6.45, 7) is 0. The van der Waals surface area contributed by atoms with Gasteiger partial charge in [0.2, 0.25) is 0 Å². The molecule has 0 saturated heterocycles. The van der Waals surface area contributed by atoms with E-state index in [4.69, 9.17) is 4.74 Å². The van der Waals surface area contributed by atoms with E-state index in [1.165, 1.54) is 25.3 Å². The monoisotopic (exact) mass is 256 g/mol. The van der Waals surface area contributed by atoms with Crippen LogP contribution in [0.1, 0.15) is 26.3 Å². The van der Waals surface area contributed by atoms with E-state index in [-0.39, 0.29) is 16.9 Å². The predicted molar refractivity (Wildman–Crippen MR) is 69.9 cm³/mol. The molecule has 0 aliphatic rings. The molecule has 4 nitrogen and oxygen atoms in total. The van der Waals surface area contributed by atoms with Gasteiger partial charge in [0.25, 0.3) is 0 Å². The van der Waals surface area contributed by atoms with Crippen LogP contribution in [0.4, 0.5) is 0 Å². The van der Waals surface area contributed by atoms with Crippen LogP contribution in [0.2, 0.25) is 0 Å². The van der Waals surface area contributed by atoms with Crippen molar-refractivity contribution >= 4 is 12.1 Å². The maximum absolute atomic E-state index is 12.3. The highest BCUT2D eigenvalue weighted by Gasteiger charge is 2.17. The molecule has 2 rings (SSSR count). The minimum Gasteiger partial charge on any atom is -0.507 e. The molecule has 19 heavy (non-hydrogen) atoms. The predicted octanol–water partition coefficient (Wildman–Crippen LogP) is 2.44. The number of benzene rings is 2. The Morgan fingerprint density at radius 1 is 1.16 bits per heavy atom. The second kappa shape index (κ2) is 5.35. The van der Waals surface area contributed by atoms with Crippen LogP contribution in [-0.4, -0.2) is 24.3 Å². The number of hydrogen-bond acceptors (Lipinski definition) is 4. The van der Waals surface area contributed by atoms with Crippen LogP contribution in [-0.2, 0) is 0 Å². The third-order valence-electron chi connectivity index (χ3n) is 2.78. The molecule has 0 heterocycles. The maximum atomic E-state index is 12.3. The number of hydrogen-bond donors (Lipinski definition) is 1. The van der Waals surface area contributed by atoms with Gasteiger partial charge in [-0.3, -0.25) is 9.59 Å². The van der Waals surface area contributed by atoms with Gasteiger partial charge in [-0.1, -0.05) is 12.1 Å². The Labute approximate surface area is 110 Å². The van der Waals surface area contributed by atoms with E-state index in [1.54, 1.807) is 24.3 Å². The van der Waals surface area contributed by atoms with E-state index in [0.717, 1.165) is 0 Å². The van der Waals surface area contributed by atoms with Crippen molar-refractivity contribution in [2.45, 2.75) is 0 Å². The Kier molecular flexibility index (Phi) is 3.61. The maximum Gasteiger partial charge on any atom is 0.197 e. The van der Waals surface area contributed by atoms with Crippen molar-refractivity contribution < 1.29 is 19.4 Å². The minimum atomic E-state index is -0.400. The van der Waals surface area contributed by atoms with E-state index in [1.807, 2.05) is 0 Å². The lowest BCUT2D eigenvalue weighted by Crippen LogP contribution is -2.05. The minimum absolute atomic E-state index is 0.0164. The summed E-state index contributed by atoms with van der Waals surface area (Å²) < 4.78 is 5.01. The van der Waals surface area contributed by atoms with Gasteiger partial charge in [0.05, 0.1) is 12.7 Å². The van der Waals surface area contributed by atoms with E-state index in [0.29, 0.717) is 17.6 Å². The molecule has 2 aromatic rings. The quantitative estimate of drug-likeness (QED) is 0.674. The summed E-state index contributed by atoms with van der Waals surface area (Å²) in [5.41, 5.74) is 0.564. The van der Waals surface area contributed by atoms with Crippen LogP contribution in [0, 0.1) is 0 Å². The first-order chi connectivity index (χ1) is 9.17. The number of phenols is 1. The summed E-state index contributed by atoms with van der Waals surface area (Å²) in [6, 6.07) is 10.9. The normalized spacial score (nSPS) is 9.95. The number of aldehydes is 1. The van der Waals surface area contributed by atoms with Crippen molar-refractivity contribution in [3.63, 3.8) is 0 Å². The molecule has 1 N–H and O–H groups in total. The van der Waals surface area contributed by atoms with Crippen LogP contribution >= 0.6 is 0 Å². The highest BCUT2D eigenvalue weighted by molar-refractivity contribution is 6.14. The highest BCUT2D eigenvalue weighted by Crippen LogP contribution is 2.24. The lowest BCUT2D eigenvalue weighted by atomic mass is 9.98. The van der Waals surface area contributed by atoms with Crippen LogP contribution in [0.25, 0.3) is 0 Å². The zero-order valence-corrected chi connectivity index (χ0v) is 10.3. The SMILES string of the molecule is COc1ccc(C(=O)c2c(O)cccc2C=O)cc1. The van der Waals surface area contributed by atoms with E-state index in [2.05, 4.69) is 0 Å². The van der Waals surface area contributed by atoms with Gasteiger partial charge in [0, 0.05) is 11.1 Å². The van der Waals surface area contributed by atoms with E-state index in [9.17, 15) is 14.7 Å². The lowest BCUT2D eigenvalue weighted by molar-refractivity contribution is 0.102. The van der Waals surface area contributed by atoms with Gasteiger partial charge in [0.15, 0.2) is 12.1 Å². The summed E-state index contributed by atoms with van der Waals surface area (Å²) in [5.74, 6) is 0.0257. The Bertz CT molecular complexity index is 615. The average Bonchev–Trinajstić information content (AvgIpc) is 2.46. The Hall–Kier alpha value is -2.62. The molecule has 4 heteroatoms. The third-order valence-corrected chi connectivity index (χ3v) is 2.78. The van der Waals surface area contributed by atoms with Crippen molar-refractivity contribution in [1.82, 2.24) is 0 Å². The molecule has 0 spiro atoms. The first-order valence-electron chi connectivity index (χ1n) is 5.63. The van der Waals surface area contributed by atoms with Gasteiger partial charge >= 0.3 is 0 Å². The van der Waals surface area contributed by atoms with Crippen LogP contribution in [0.3, 0.4) is 0 Å². The lowest BCUT2D eigenvalue weighted by Gasteiger charge is -2.07. The number of carbonyl (C=O) groups is 2. The first-order valence-corrected chi connectivity index (χ1v) is 5.63. The number of phenolic OH excluding ortho intramolecular Hbond substituents is 1. The second-order valence-electron chi connectivity index (χ2n) is 3.92. The van der Waals surface area contributed by atoms with E-state index >= 15 is 0 Å². The van der Waals surface area contributed by atoms with E-state index < -0.39 is 5.78 Å². The molecule has 0 saturated carbocycles. The van der Waals surface area contributed by atoms with Gasteiger partial charge in [-0.25, -0.2) is 0 Å². The molecule has 0 fully saturated rings. The van der Waals surface area contributed by atoms with Crippen molar-refractivity contribution in [2.75, 3.05) is 7.11 Å². The summed E-state index contributed by atoms with van der Waals surface area (Å²) in [4.78, 5) is 23.2. The molecule has 0 aromatic heterocycles. The molecule has 0 radical (unpaired) electrons. The molecular formula is C15H12O4. The van der Waals surface area contributed by atoms with Crippen LogP contribution < -0.4 is 4.74 Å². The number of ketones is 1. The van der Waals surface area contributed by atoms with Gasteiger partial charge in [-0.2, -0.15) is 0 Å². The smallest absolute Gasteiger partial charge is 0.197 e. The second-order valence-corrected chi connectivity index (χ2v) is 3.92. The fraction of sp³-hybridized carbons (Fsp3) is 0.0667. The molecule has 0 amide bonds. The molecule has 2 aromatic carbocycles. The van der Waals surface area contributed by atoms with Crippen molar-refractivity contribution in [2.24, 2.45) is 0 Å². The Morgan fingerprint density at radius 2 is 1.84 bits per heavy atom. The summed E-state index contributed by atoms with van der Waals surface area (Å²) in [5, 5.41) is 9.75. The Balaban J connectivity index is 2.46. The fourth-order valence-electron chi connectivity index (χ4n) is 1.79.